The number of likely N-dealkylation sites (N-methyl/N-ethyl adjacent to an activating group) is 1. The molecule has 0 aliphatic carbocycles. The van der Waals surface area contributed by atoms with Gasteiger partial charge in [0.2, 0.25) is 10.0 Å². The minimum Gasteiger partial charge on any atom is -0.492 e. The molecule has 0 aliphatic heterocycles. The third-order valence-corrected chi connectivity index (χ3v) is 6.46. The van der Waals surface area contributed by atoms with E-state index >= 15 is 0 Å². The Labute approximate surface area is 195 Å². The molecule has 1 aromatic heterocycles. The number of ether oxygens (including phenoxy) is 1. The Morgan fingerprint density at radius 2 is 1.58 bits per heavy atom. The number of nitrogens with one attached hydrogen (secondary N) is 3. The van der Waals surface area contributed by atoms with Crippen molar-refractivity contribution in [2.45, 2.75) is 18.7 Å². The van der Waals surface area contributed by atoms with Crippen LogP contribution in [0.25, 0.3) is 0 Å². The highest BCUT2D eigenvalue weighted by Gasteiger charge is 2.11. The molecule has 176 valence electrons. The average Bonchev–Trinajstić information content (AvgIpc) is 2.83. The van der Waals surface area contributed by atoms with E-state index in [-0.39, 0.29) is 4.90 Å². The van der Waals surface area contributed by atoms with Crippen LogP contribution in [0, 0.1) is 0 Å². The molecule has 0 saturated carbocycles. The fourth-order valence-electron chi connectivity index (χ4n) is 3.12. The molecule has 3 rings (SSSR count). The molecule has 33 heavy (non-hydrogen) atoms. The number of benzene rings is 2. The smallest absolute Gasteiger partial charge is 0.240 e. The van der Waals surface area contributed by atoms with Crippen LogP contribution in [0.5, 0.6) is 5.75 Å². The van der Waals surface area contributed by atoms with E-state index in [0.29, 0.717) is 23.9 Å². The zero-order chi connectivity index (χ0) is 23.7. The summed E-state index contributed by atoms with van der Waals surface area (Å²) in [5.74, 6) is 1.94. The van der Waals surface area contributed by atoms with Crippen molar-refractivity contribution in [3.05, 3.63) is 60.9 Å². The monoisotopic (exact) mass is 470 g/mol. The highest BCUT2D eigenvalue weighted by molar-refractivity contribution is 7.89. The Bertz CT molecular complexity index is 1130. The van der Waals surface area contributed by atoms with Crippen LogP contribution in [-0.2, 0) is 10.0 Å². The standard InChI is InChI=1S/C23H30N6O3S/c1-4-29(5-2)13-14-32-20-11-9-18(10-12-20)27-22-16-23(26-17-25-22)28-19-7-6-8-21(15-19)33(30,31)24-3/h6-12,15-17,24H,4-5,13-14H2,1-3H3,(H2,25,26,27,28). The number of hydrogen-bond acceptors (Lipinski definition) is 8. The first-order chi connectivity index (χ1) is 15.9. The van der Waals surface area contributed by atoms with Gasteiger partial charge in [-0.05, 0) is 62.6 Å². The Balaban J connectivity index is 1.61. The maximum Gasteiger partial charge on any atom is 0.240 e. The van der Waals surface area contributed by atoms with Gasteiger partial charge in [0.15, 0.2) is 0 Å². The van der Waals surface area contributed by atoms with Crippen molar-refractivity contribution in [3.8, 4) is 5.75 Å². The van der Waals surface area contributed by atoms with E-state index in [1.54, 1.807) is 24.3 Å². The molecule has 10 heteroatoms. The minimum absolute atomic E-state index is 0.168. The lowest BCUT2D eigenvalue weighted by Crippen LogP contribution is -2.27. The van der Waals surface area contributed by atoms with Crippen molar-refractivity contribution in [1.29, 1.82) is 0 Å². The zero-order valence-corrected chi connectivity index (χ0v) is 19.9. The van der Waals surface area contributed by atoms with E-state index in [1.807, 2.05) is 24.3 Å². The zero-order valence-electron chi connectivity index (χ0n) is 19.1. The van der Waals surface area contributed by atoms with E-state index in [2.05, 4.69) is 44.1 Å². The number of sulfonamides is 1. The summed E-state index contributed by atoms with van der Waals surface area (Å²) in [6, 6.07) is 15.9. The molecule has 0 unspecified atom stereocenters. The van der Waals surface area contributed by atoms with Crippen LogP contribution in [0.4, 0.5) is 23.0 Å². The van der Waals surface area contributed by atoms with Crippen molar-refractivity contribution in [2.75, 3.05) is 43.9 Å². The van der Waals surface area contributed by atoms with E-state index in [0.717, 1.165) is 31.1 Å². The fourth-order valence-corrected chi connectivity index (χ4v) is 3.89. The molecule has 0 amide bonds. The number of aromatic nitrogens is 2. The van der Waals surface area contributed by atoms with Crippen molar-refractivity contribution in [2.24, 2.45) is 0 Å². The van der Waals surface area contributed by atoms with Gasteiger partial charge in [0.25, 0.3) is 0 Å². The number of nitrogens with zero attached hydrogens (tertiary/aromatic N) is 3. The number of hydrogen-bond donors (Lipinski definition) is 3. The summed E-state index contributed by atoms with van der Waals surface area (Å²) in [4.78, 5) is 10.9. The second-order valence-corrected chi connectivity index (χ2v) is 9.06. The molecule has 0 saturated heterocycles. The van der Waals surface area contributed by atoms with Gasteiger partial charge in [0.05, 0.1) is 4.90 Å². The van der Waals surface area contributed by atoms with Gasteiger partial charge in [0, 0.05) is 24.0 Å². The summed E-state index contributed by atoms with van der Waals surface area (Å²) < 4.78 is 32.2. The Kier molecular flexibility index (Phi) is 8.58. The lowest BCUT2D eigenvalue weighted by molar-refractivity contribution is 0.223. The van der Waals surface area contributed by atoms with Crippen LogP contribution in [0.15, 0.2) is 65.8 Å². The van der Waals surface area contributed by atoms with Gasteiger partial charge >= 0.3 is 0 Å². The van der Waals surface area contributed by atoms with E-state index in [1.165, 1.54) is 19.4 Å². The van der Waals surface area contributed by atoms with Crippen LogP contribution >= 0.6 is 0 Å². The third-order valence-electron chi connectivity index (χ3n) is 5.05. The molecule has 2 aromatic carbocycles. The summed E-state index contributed by atoms with van der Waals surface area (Å²) in [6.45, 7) is 7.85. The first-order valence-electron chi connectivity index (χ1n) is 10.8. The molecular formula is C23H30N6O3S. The Morgan fingerprint density at radius 1 is 0.909 bits per heavy atom. The van der Waals surface area contributed by atoms with E-state index in [4.69, 9.17) is 4.74 Å². The molecule has 0 aliphatic rings. The second-order valence-electron chi connectivity index (χ2n) is 7.17. The molecule has 3 aromatic rings. The van der Waals surface area contributed by atoms with Crippen molar-refractivity contribution in [3.63, 3.8) is 0 Å². The van der Waals surface area contributed by atoms with Gasteiger partial charge in [0.1, 0.15) is 30.3 Å². The molecule has 0 radical (unpaired) electrons. The van der Waals surface area contributed by atoms with Crippen LogP contribution in [0.2, 0.25) is 0 Å². The highest BCUT2D eigenvalue weighted by Crippen LogP contribution is 2.22. The number of rotatable bonds is 12. The summed E-state index contributed by atoms with van der Waals surface area (Å²) in [5.41, 5.74) is 1.46. The maximum absolute atomic E-state index is 12.0. The lowest BCUT2D eigenvalue weighted by Gasteiger charge is -2.18. The first kappa shape index (κ1) is 24.4. The molecule has 0 atom stereocenters. The van der Waals surface area contributed by atoms with Crippen molar-refractivity contribution in [1.82, 2.24) is 19.6 Å². The maximum atomic E-state index is 12.0. The van der Waals surface area contributed by atoms with E-state index < -0.39 is 10.0 Å². The second kappa shape index (κ2) is 11.6. The number of anilines is 4. The largest absolute Gasteiger partial charge is 0.492 e. The summed E-state index contributed by atoms with van der Waals surface area (Å²) >= 11 is 0. The normalized spacial score (nSPS) is 11.4. The van der Waals surface area contributed by atoms with Crippen molar-refractivity contribution >= 4 is 33.0 Å². The van der Waals surface area contributed by atoms with Gasteiger partial charge in [-0.1, -0.05) is 19.9 Å². The van der Waals surface area contributed by atoms with Gasteiger partial charge < -0.3 is 20.3 Å². The molecule has 3 N–H and O–H groups in total. The Hall–Kier alpha value is -3.21. The highest BCUT2D eigenvalue weighted by atomic mass is 32.2. The predicted molar refractivity (Wildman–Crippen MR) is 131 cm³/mol. The predicted octanol–water partition coefficient (Wildman–Crippen LogP) is 3.59. The first-order valence-corrected chi connectivity index (χ1v) is 12.3. The van der Waals surface area contributed by atoms with Gasteiger partial charge in [-0.3, -0.25) is 0 Å². The summed E-state index contributed by atoms with van der Waals surface area (Å²) in [6.07, 6.45) is 1.43. The molecule has 0 fully saturated rings. The quantitative estimate of drug-likeness (QED) is 0.369. The van der Waals surface area contributed by atoms with Crippen molar-refractivity contribution < 1.29 is 13.2 Å². The van der Waals surface area contributed by atoms with Gasteiger partial charge in [-0.2, -0.15) is 0 Å². The van der Waals surface area contributed by atoms with Crippen LogP contribution in [-0.4, -0.2) is 56.6 Å². The topological polar surface area (TPSA) is 108 Å². The Morgan fingerprint density at radius 3 is 2.21 bits per heavy atom. The minimum atomic E-state index is -3.53. The third kappa shape index (κ3) is 7.14. The summed E-state index contributed by atoms with van der Waals surface area (Å²) in [5, 5.41) is 6.34. The van der Waals surface area contributed by atoms with Gasteiger partial charge in [-0.25, -0.2) is 23.1 Å². The summed E-state index contributed by atoms with van der Waals surface area (Å²) in [7, 11) is -2.15. The lowest BCUT2D eigenvalue weighted by atomic mass is 10.3. The average molecular weight is 471 g/mol. The molecule has 0 bridgehead atoms. The SMILES string of the molecule is CCN(CC)CCOc1ccc(Nc2cc(Nc3cccc(S(=O)(=O)NC)c3)ncn2)cc1. The molecule has 9 nitrogen and oxygen atoms in total. The fraction of sp³-hybridized carbons (Fsp3) is 0.304. The molecule has 1 heterocycles. The van der Waals surface area contributed by atoms with Crippen LogP contribution in [0.3, 0.4) is 0 Å². The van der Waals surface area contributed by atoms with Crippen LogP contribution < -0.4 is 20.1 Å². The van der Waals surface area contributed by atoms with Gasteiger partial charge in [-0.15, -0.1) is 0 Å². The molecular weight excluding hydrogens is 440 g/mol. The van der Waals surface area contributed by atoms with E-state index in [9.17, 15) is 8.42 Å². The van der Waals surface area contributed by atoms with Crippen LogP contribution in [0.1, 0.15) is 13.8 Å². The molecule has 0 spiro atoms.